The fourth-order valence-corrected chi connectivity index (χ4v) is 3.99. The van der Waals surface area contributed by atoms with Crippen molar-refractivity contribution in [2.75, 3.05) is 20.4 Å². The van der Waals surface area contributed by atoms with Gasteiger partial charge in [0.25, 0.3) is 0 Å². The highest BCUT2D eigenvalue weighted by molar-refractivity contribution is 6.12. The predicted molar refractivity (Wildman–Crippen MR) is 108 cm³/mol. The lowest BCUT2D eigenvalue weighted by Gasteiger charge is -2.29. The van der Waals surface area contributed by atoms with Crippen LogP contribution in [0, 0.1) is 0 Å². The first-order valence-electron chi connectivity index (χ1n) is 9.59. The lowest BCUT2D eigenvalue weighted by Crippen LogP contribution is -2.57. The third-order valence-corrected chi connectivity index (χ3v) is 5.47. The summed E-state index contributed by atoms with van der Waals surface area (Å²) in [4.78, 5) is 42.5. The normalized spacial score (nSPS) is 18.0. The third kappa shape index (κ3) is 2.97. The number of benzene rings is 2. The first kappa shape index (κ1) is 18.2. The number of likely N-dealkylation sites (N-methyl/N-ethyl adjacent to an activating group) is 1. The van der Waals surface area contributed by atoms with E-state index in [0.717, 1.165) is 10.9 Å². The number of fused-ring (bicyclic) bond motifs is 2. The molecular formula is C22H19N3O5. The van der Waals surface area contributed by atoms with Crippen LogP contribution in [0.2, 0.25) is 0 Å². The fraction of sp³-hybridized carbons (Fsp3) is 0.227. The second-order valence-electron chi connectivity index (χ2n) is 7.44. The van der Waals surface area contributed by atoms with E-state index in [0.29, 0.717) is 28.3 Å². The summed E-state index contributed by atoms with van der Waals surface area (Å²) in [6, 6.07) is 11.9. The molecule has 8 nitrogen and oxygen atoms in total. The molecule has 0 radical (unpaired) electrons. The van der Waals surface area contributed by atoms with E-state index >= 15 is 0 Å². The minimum absolute atomic E-state index is 0.0339. The number of rotatable bonds is 4. The summed E-state index contributed by atoms with van der Waals surface area (Å²) in [5.74, 6) is 0.506. The van der Waals surface area contributed by atoms with Crippen LogP contribution in [0.5, 0.6) is 11.5 Å². The molecule has 30 heavy (non-hydrogen) atoms. The molecule has 2 aromatic carbocycles. The van der Waals surface area contributed by atoms with E-state index in [2.05, 4.69) is 10.3 Å². The number of aromatic amines is 1. The van der Waals surface area contributed by atoms with Crippen LogP contribution in [0.25, 0.3) is 10.9 Å². The highest BCUT2D eigenvalue weighted by Gasteiger charge is 2.33. The van der Waals surface area contributed by atoms with E-state index in [1.165, 1.54) is 4.90 Å². The Morgan fingerprint density at radius 2 is 1.93 bits per heavy atom. The van der Waals surface area contributed by atoms with Crippen molar-refractivity contribution in [1.29, 1.82) is 0 Å². The van der Waals surface area contributed by atoms with Crippen LogP contribution in [0.3, 0.4) is 0 Å². The summed E-state index contributed by atoms with van der Waals surface area (Å²) in [5.41, 5.74) is 2.33. The monoisotopic (exact) mass is 405 g/mol. The van der Waals surface area contributed by atoms with Gasteiger partial charge >= 0.3 is 0 Å². The molecule has 0 unspecified atom stereocenters. The zero-order valence-electron chi connectivity index (χ0n) is 16.2. The van der Waals surface area contributed by atoms with E-state index in [4.69, 9.17) is 9.47 Å². The van der Waals surface area contributed by atoms with Gasteiger partial charge in [0.05, 0.1) is 12.2 Å². The van der Waals surface area contributed by atoms with Gasteiger partial charge in [-0.05, 0) is 29.8 Å². The van der Waals surface area contributed by atoms with E-state index in [9.17, 15) is 14.4 Å². The van der Waals surface area contributed by atoms with Gasteiger partial charge in [0.2, 0.25) is 24.4 Å². The average Bonchev–Trinajstić information content (AvgIpc) is 3.35. The number of H-pyrrole nitrogens is 1. The summed E-state index contributed by atoms with van der Waals surface area (Å²) in [6.07, 6.45) is 0.213. The first-order valence-corrected chi connectivity index (χ1v) is 9.59. The summed E-state index contributed by atoms with van der Waals surface area (Å²) >= 11 is 0. The maximum Gasteiger partial charge on any atom is 0.245 e. The van der Waals surface area contributed by atoms with Gasteiger partial charge < -0.3 is 24.7 Å². The number of aromatic nitrogens is 1. The number of ether oxygens (including phenoxy) is 2. The molecule has 1 fully saturated rings. The number of hydrogen-bond acceptors (Lipinski definition) is 5. The Labute approximate surface area is 171 Å². The van der Waals surface area contributed by atoms with Gasteiger partial charge in [-0.1, -0.05) is 18.2 Å². The van der Waals surface area contributed by atoms with Crippen LogP contribution in [-0.4, -0.2) is 53.9 Å². The maximum absolute atomic E-state index is 13.4. The number of nitrogens with one attached hydrogen (secondary N) is 2. The Balaban J connectivity index is 1.56. The number of carbonyl (C=O) groups excluding carboxylic acids is 3. The van der Waals surface area contributed by atoms with Gasteiger partial charge in [0, 0.05) is 29.9 Å². The number of carbonyl (C=O) groups is 3. The number of piperazine rings is 1. The molecule has 2 amide bonds. The van der Waals surface area contributed by atoms with Crippen molar-refractivity contribution >= 4 is 28.5 Å². The second-order valence-corrected chi connectivity index (χ2v) is 7.44. The maximum atomic E-state index is 13.4. The lowest BCUT2D eigenvalue weighted by molar-refractivity contribution is -0.142. The van der Waals surface area contributed by atoms with Gasteiger partial charge in [-0.25, -0.2) is 0 Å². The smallest absolute Gasteiger partial charge is 0.245 e. The quantitative estimate of drug-likeness (QED) is 0.643. The number of nitrogens with zero attached hydrogens (tertiary/aromatic N) is 1. The van der Waals surface area contributed by atoms with Gasteiger partial charge in [-0.3, -0.25) is 14.4 Å². The van der Waals surface area contributed by atoms with Crippen molar-refractivity contribution in [3.63, 3.8) is 0 Å². The van der Waals surface area contributed by atoms with Crippen LogP contribution in [0.1, 0.15) is 21.6 Å². The van der Waals surface area contributed by atoms with E-state index in [1.807, 2.05) is 24.3 Å². The molecular weight excluding hydrogens is 386 g/mol. The zero-order valence-corrected chi connectivity index (χ0v) is 16.2. The Hall–Kier alpha value is -3.81. The average molecular weight is 405 g/mol. The number of hydrogen-bond donors (Lipinski definition) is 2. The largest absolute Gasteiger partial charge is 0.454 e. The van der Waals surface area contributed by atoms with Crippen LogP contribution >= 0.6 is 0 Å². The topological polar surface area (TPSA) is 101 Å². The van der Waals surface area contributed by atoms with Gasteiger partial charge in [-0.2, -0.15) is 0 Å². The fourth-order valence-electron chi connectivity index (χ4n) is 3.99. The number of ketones is 1. The van der Waals surface area contributed by atoms with Gasteiger partial charge in [-0.15, -0.1) is 0 Å². The van der Waals surface area contributed by atoms with E-state index < -0.39 is 6.04 Å². The molecule has 152 valence electrons. The van der Waals surface area contributed by atoms with Crippen LogP contribution in [-0.2, 0) is 16.0 Å². The van der Waals surface area contributed by atoms with Crippen molar-refractivity contribution in [2.45, 2.75) is 12.5 Å². The van der Waals surface area contributed by atoms with Gasteiger partial charge in [0.1, 0.15) is 6.04 Å². The highest BCUT2D eigenvalue weighted by atomic mass is 16.7. The van der Waals surface area contributed by atoms with Crippen LogP contribution < -0.4 is 14.8 Å². The summed E-state index contributed by atoms with van der Waals surface area (Å²) < 4.78 is 10.7. The van der Waals surface area contributed by atoms with Crippen molar-refractivity contribution < 1.29 is 23.9 Å². The van der Waals surface area contributed by atoms with Crippen molar-refractivity contribution in [2.24, 2.45) is 0 Å². The summed E-state index contributed by atoms with van der Waals surface area (Å²) in [6.45, 7) is 0.161. The minimum Gasteiger partial charge on any atom is -0.454 e. The molecule has 3 aromatic rings. The molecule has 1 atom stereocenters. The van der Waals surface area contributed by atoms with Crippen molar-refractivity contribution in [3.8, 4) is 11.5 Å². The second kappa shape index (κ2) is 6.91. The zero-order chi connectivity index (χ0) is 20.8. The lowest BCUT2D eigenvalue weighted by atomic mass is 9.96. The molecule has 3 heterocycles. The standard InChI is InChI=1S/C22H19N3O5/c1-25-10-19(26)23-16(22(25)28)9-14-13-4-2-3-5-15(13)24-20(14)21(27)12-6-7-17-18(8-12)30-11-29-17/h2-8,16,24H,9-11H2,1H3,(H,23,26)/t16-/m1/s1. The number of para-hydroxylation sites is 1. The Morgan fingerprint density at radius 3 is 2.80 bits per heavy atom. The third-order valence-electron chi connectivity index (χ3n) is 5.47. The molecule has 2 aliphatic rings. The molecule has 2 N–H and O–H groups in total. The molecule has 1 saturated heterocycles. The highest BCUT2D eigenvalue weighted by Crippen LogP contribution is 2.34. The van der Waals surface area contributed by atoms with Crippen molar-refractivity contribution in [3.05, 3.63) is 59.3 Å². The van der Waals surface area contributed by atoms with Crippen molar-refractivity contribution in [1.82, 2.24) is 15.2 Å². The molecule has 1 aromatic heterocycles. The minimum atomic E-state index is -0.723. The first-order chi connectivity index (χ1) is 14.5. The molecule has 0 saturated carbocycles. The molecule has 5 rings (SSSR count). The van der Waals surface area contributed by atoms with Crippen LogP contribution in [0.4, 0.5) is 0 Å². The summed E-state index contributed by atoms with van der Waals surface area (Å²) in [7, 11) is 1.60. The summed E-state index contributed by atoms with van der Waals surface area (Å²) in [5, 5.41) is 3.59. The molecule has 0 bridgehead atoms. The molecule has 2 aliphatic heterocycles. The molecule has 0 spiro atoms. The predicted octanol–water partition coefficient (Wildman–Crippen LogP) is 1.63. The SMILES string of the molecule is CN1CC(=O)N[C@H](Cc2c(C(=O)c3ccc4c(c3)OCO4)[nH]c3ccccc23)C1=O. The molecule has 0 aliphatic carbocycles. The Morgan fingerprint density at radius 1 is 1.13 bits per heavy atom. The van der Waals surface area contributed by atoms with E-state index in [1.54, 1.807) is 25.2 Å². The Kier molecular flexibility index (Phi) is 4.20. The van der Waals surface area contributed by atoms with Crippen LogP contribution in [0.15, 0.2) is 42.5 Å². The van der Waals surface area contributed by atoms with Gasteiger partial charge in [0.15, 0.2) is 11.5 Å². The van der Waals surface area contributed by atoms with E-state index in [-0.39, 0.29) is 37.4 Å². The Bertz CT molecular complexity index is 1200. The number of amides is 2. The molecule has 8 heteroatoms.